The lowest BCUT2D eigenvalue weighted by molar-refractivity contribution is 0.327. The third-order valence-electron chi connectivity index (χ3n) is 5.25. The molecule has 1 aromatic rings. The number of nitrogens with zero attached hydrogens (tertiary/aromatic N) is 4. The Bertz CT molecular complexity index is 788. The Kier molecular flexibility index (Phi) is 5.03. The van der Waals surface area contributed by atoms with E-state index >= 15 is 0 Å². The molecule has 0 amide bonds. The molecule has 25 heavy (non-hydrogen) atoms. The molecule has 0 aromatic carbocycles. The van der Waals surface area contributed by atoms with Crippen LogP contribution in [-0.4, -0.2) is 49.6 Å². The van der Waals surface area contributed by atoms with Gasteiger partial charge in [-0.25, -0.2) is 17.7 Å². The SMILES string of the molecule is Cc1cc(C)c(C#N)c(N2CCC(CN(C)S(=O)(=O)C3CC3)CC2)n1. The van der Waals surface area contributed by atoms with E-state index < -0.39 is 10.0 Å². The van der Waals surface area contributed by atoms with E-state index in [2.05, 4.69) is 16.0 Å². The summed E-state index contributed by atoms with van der Waals surface area (Å²) in [5.74, 6) is 1.14. The van der Waals surface area contributed by atoms with Crippen molar-refractivity contribution in [2.75, 3.05) is 31.6 Å². The van der Waals surface area contributed by atoms with Crippen LogP contribution in [0.2, 0.25) is 0 Å². The van der Waals surface area contributed by atoms with Crippen LogP contribution in [-0.2, 0) is 10.0 Å². The van der Waals surface area contributed by atoms with Gasteiger partial charge in [-0.05, 0) is 57.1 Å². The van der Waals surface area contributed by atoms with Crippen molar-refractivity contribution in [3.63, 3.8) is 0 Å². The zero-order valence-electron chi connectivity index (χ0n) is 15.2. The number of sulfonamides is 1. The summed E-state index contributed by atoms with van der Waals surface area (Å²) < 4.78 is 26.1. The highest BCUT2D eigenvalue weighted by Gasteiger charge is 2.39. The van der Waals surface area contributed by atoms with Crippen molar-refractivity contribution in [3.8, 4) is 6.07 Å². The van der Waals surface area contributed by atoms with E-state index in [-0.39, 0.29) is 5.25 Å². The predicted molar refractivity (Wildman–Crippen MR) is 97.9 cm³/mol. The Labute approximate surface area is 150 Å². The second-order valence-electron chi connectivity index (χ2n) is 7.35. The maximum Gasteiger partial charge on any atom is 0.216 e. The van der Waals surface area contributed by atoms with Gasteiger partial charge in [-0.1, -0.05) is 0 Å². The minimum absolute atomic E-state index is 0.143. The van der Waals surface area contributed by atoms with Crippen LogP contribution in [0.25, 0.3) is 0 Å². The van der Waals surface area contributed by atoms with E-state index in [9.17, 15) is 13.7 Å². The molecule has 0 N–H and O–H groups in total. The Morgan fingerprint density at radius 2 is 1.92 bits per heavy atom. The van der Waals surface area contributed by atoms with Crippen LogP contribution in [0.5, 0.6) is 0 Å². The van der Waals surface area contributed by atoms with Crippen molar-refractivity contribution in [1.82, 2.24) is 9.29 Å². The number of piperidine rings is 1. The Hall–Kier alpha value is -1.65. The first-order valence-electron chi connectivity index (χ1n) is 8.91. The number of hydrogen-bond acceptors (Lipinski definition) is 5. The Morgan fingerprint density at radius 3 is 2.48 bits per heavy atom. The van der Waals surface area contributed by atoms with Gasteiger partial charge in [-0.2, -0.15) is 5.26 Å². The first kappa shape index (κ1) is 18.2. The van der Waals surface area contributed by atoms with Crippen LogP contribution in [0.4, 0.5) is 5.82 Å². The lowest BCUT2D eigenvalue weighted by atomic mass is 9.96. The lowest BCUT2D eigenvalue weighted by Crippen LogP contribution is -2.40. The molecule has 0 bridgehead atoms. The molecular formula is C18H26N4O2S. The number of aromatic nitrogens is 1. The zero-order chi connectivity index (χ0) is 18.2. The van der Waals surface area contributed by atoms with Gasteiger partial charge in [0.1, 0.15) is 11.9 Å². The summed E-state index contributed by atoms with van der Waals surface area (Å²) in [5.41, 5.74) is 2.53. The molecule has 2 heterocycles. The molecule has 136 valence electrons. The largest absolute Gasteiger partial charge is 0.355 e. The molecule has 1 aliphatic carbocycles. The Morgan fingerprint density at radius 1 is 1.28 bits per heavy atom. The van der Waals surface area contributed by atoms with E-state index in [1.165, 1.54) is 0 Å². The molecule has 6 nitrogen and oxygen atoms in total. The predicted octanol–water partition coefficient (Wildman–Crippen LogP) is 2.21. The molecule has 1 aromatic heterocycles. The second kappa shape index (κ2) is 6.93. The van der Waals surface area contributed by atoms with Gasteiger partial charge in [-0.3, -0.25) is 0 Å². The van der Waals surface area contributed by atoms with Crippen molar-refractivity contribution in [2.45, 2.75) is 44.8 Å². The van der Waals surface area contributed by atoms with Gasteiger partial charge < -0.3 is 4.90 Å². The third-order valence-corrected chi connectivity index (χ3v) is 7.58. The maximum absolute atomic E-state index is 12.3. The fraction of sp³-hybridized carbons (Fsp3) is 0.667. The van der Waals surface area contributed by atoms with Crippen LogP contribution in [0, 0.1) is 31.1 Å². The molecule has 0 radical (unpaired) electrons. The van der Waals surface area contributed by atoms with Gasteiger partial charge in [0, 0.05) is 32.4 Å². The molecule has 2 aliphatic rings. The highest BCUT2D eigenvalue weighted by Crippen LogP contribution is 2.32. The number of aryl methyl sites for hydroxylation is 2. The molecule has 0 spiro atoms. The van der Waals surface area contributed by atoms with Crippen molar-refractivity contribution in [1.29, 1.82) is 5.26 Å². The van der Waals surface area contributed by atoms with E-state index in [0.717, 1.165) is 55.8 Å². The standard InChI is InChI=1S/C18H26N4O2S/c1-13-10-14(2)20-18(17(13)11-19)22-8-6-15(7-9-22)12-21(3)25(23,24)16-4-5-16/h10,15-16H,4-9,12H2,1-3H3. The quantitative estimate of drug-likeness (QED) is 0.802. The third kappa shape index (κ3) is 3.80. The number of nitriles is 1. The highest BCUT2D eigenvalue weighted by atomic mass is 32.2. The number of hydrogen-bond donors (Lipinski definition) is 0. The van der Waals surface area contributed by atoms with Crippen LogP contribution >= 0.6 is 0 Å². The first-order chi connectivity index (χ1) is 11.8. The molecule has 0 atom stereocenters. The molecule has 1 saturated heterocycles. The van der Waals surface area contributed by atoms with Gasteiger partial charge in [0.15, 0.2) is 0 Å². The summed E-state index contributed by atoms with van der Waals surface area (Å²) >= 11 is 0. The molecule has 2 fully saturated rings. The second-order valence-corrected chi connectivity index (χ2v) is 9.67. The Balaban J connectivity index is 1.64. The van der Waals surface area contributed by atoms with Crippen LogP contribution in [0.15, 0.2) is 6.07 Å². The molecule has 0 unspecified atom stereocenters. The summed E-state index contributed by atoms with van der Waals surface area (Å²) in [5, 5.41) is 9.31. The summed E-state index contributed by atoms with van der Waals surface area (Å²) in [7, 11) is -1.38. The van der Waals surface area contributed by atoms with E-state index in [0.29, 0.717) is 18.0 Å². The molecule has 1 aliphatic heterocycles. The lowest BCUT2D eigenvalue weighted by Gasteiger charge is -2.35. The topological polar surface area (TPSA) is 77.3 Å². The summed E-state index contributed by atoms with van der Waals surface area (Å²) in [6, 6.07) is 4.22. The van der Waals surface area contributed by atoms with Gasteiger partial charge in [0.2, 0.25) is 10.0 Å². The van der Waals surface area contributed by atoms with E-state index in [1.54, 1.807) is 11.4 Å². The number of pyridine rings is 1. The number of anilines is 1. The van der Waals surface area contributed by atoms with Crippen LogP contribution in [0.3, 0.4) is 0 Å². The summed E-state index contributed by atoms with van der Waals surface area (Å²) in [6.45, 7) is 6.11. The molecule has 1 saturated carbocycles. The first-order valence-corrected chi connectivity index (χ1v) is 10.4. The summed E-state index contributed by atoms with van der Waals surface area (Å²) in [6.07, 6.45) is 3.45. The average molecular weight is 362 g/mol. The van der Waals surface area contributed by atoms with Gasteiger partial charge in [-0.15, -0.1) is 0 Å². The summed E-state index contributed by atoms with van der Waals surface area (Å²) in [4.78, 5) is 6.75. The molecule has 7 heteroatoms. The zero-order valence-corrected chi connectivity index (χ0v) is 16.0. The van der Waals surface area contributed by atoms with Crippen molar-refractivity contribution >= 4 is 15.8 Å². The fourth-order valence-corrected chi connectivity index (χ4v) is 5.26. The van der Waals surface area contributed by atoms with Crippen LogP contribution < -0.4 is 4.90 Å². The highest BCUT2D eigenvalue weighted by molar-refractivity contribution is 7.90. The molecular weight excluding hydrogens is 336 g/mol. The van der Waals surface area contributed by atoms with Gasteiger partial charge in [0.05, 0.1) is 10.8 Å². The minimum atomic E-state index is -3.09. The minimum Gasteiger partial charge on any atom is -0.355 e. The average Bonchev–Trinajstić information content (AvgIpc) is 3.40. The van der Waals surface area contributed by atoms with Gasteiger partial charge >= 0.3 is 0 Å². The van der Waals surface area contributed by atoms with Gasteiger partial charge in [0.25, 0.3) is 0 Å². The van der Waals surface area contributed by atoms with E-state index in [1.807, 2.05) is 19.9 Å². The smallest absolute Gasteiger partial charge is 0.216 e. The molecule has 3 rings (SSSR count). The fourth-order valence-electron chi connectivity index (χ4n) is 3.60. The van der Waals surface area contributed by atoms with Crippen molar-refractivity contribution in [2.24, 2.45) is 5.92 Å². The normalized spacial score (nSPS) is 19.2. The van der Waals surface area contributed by atoms with Crippen LogP contribution in [0.1, 0.15) is 42.5 Å². The van der Waals surface area contributed by atoms with E-state index in [4.69, 9.17) is 0 Å². The number of rotatable bonds is 5. The maximum atomic E-state index is 12.3. The van der Waals surface area contributed by atoms with Crippen molar-refractivity contribution < 1.29 is 8.42 Å². The van der Waals surface area contributed by atoms with Crippen molar-refractivity contribution in [3.05, 3.63) is 22.9 Å². The monoisotopic (exact) mass is 362 g/mol.